The van der Waals surface area contributed by atoms with Gasteiger partial charge in [-0.2, -0.15) is 0 Å². The molecular weight excluding hydrogens is 280 g/mol. The summed E-state index contributed by atoms with van der Waals surface area (Å²) >= 11 is 3.58. The first-order valence-corrected chi connectivity index (χ1v) is 6.73. The number of pyridine rings is 1. The number of piperidine rings is 1. The van der Waals surface area contributed by atoms with Crippen molar-refractivity contribution in [1.82, 2.24) is 19.5 Å². The number of nitrogens with zero attached hydrogens (tertiary/aromatic N) is 4. The quantitative estimate of drug-likeness (QED) is 0.757. The molecule has 2 aromatic rings. The van der Waals surface area contributed by atoms with Crippen LogP contribution in [-0.2, 0) is 0 Å². The van der Waals surface area contributed by atoms with E-state index in [0.29, 0.717) is 5.92 Å². The molecule has 90 valence electrons. The van der Waals surface area contributed by atoms with Crippen molar-refractivity contribution in [3.05, 3.63) is 28.6 Å². The molecule has 0 spiro atoms. The number of hydrogen-bond acceptors (Lipinski definition) is 3. The van der Waals surface area contributed by atoms with Crippen LogP contribution in [0.4, 0.5) is 0 Å². The van der Waals surface area contributed by atoms with Crippen molar-refractivity contribution < 1.29 is 0 Å². The molecule has 0 aliphatic carbocycles. The number of rotatable bonds is 1. The normalized spacial score (nSPS) is 22.1. The largest absolute Gasteiger partial charge is 0.306 e. The minimum atomic E-state index is 0.488. The topological polar surface area (TPSA) is 33.4 Å². The molecule has 0 aromatic carbocycles. The number of likely N-dealkylation sites (N-methyl/N-ethyl adjacent to an activating group) is 1. The number of halogens is 1. The Kier molecular flexibility index (Phi) is 2.88. The average Bonchev–Trinajstić information content (AvgIpc) is 2.74. The second-order valence-electron chi connectivity index (χ2n) is 4.70. The fourth-order valence-corrected chi connectivity index (χ4v) is 3.08. The standard InChI is InChI=1S/C12H15BrN4/c1-16-7-3-4-9(8-16)12-15-14-11-6-2-5-10(13)17(11)12/h2,5-6,9H,3-4,7-8H2,1H3. The summed E-state index contributed by atoms with van der Waals surface area (Å²) in [7, 11) is 2.17. The molecule has 3 heterocycles. The van der Waals surface area contributed by atoms with Crippen molar-refractivity contribution in [2.75, 3.05) is 20.1 Å². The van der Waals surface area contributed by atoms with Gasteiger partial charge in [-0.05, 0) is 54.5 Å². The Morgan fingerprint density at radius 2 is 2.24 bits per heavy atom. The zero-order valence-corrected chi connectivity index (χ0v) is 11.4. The maximum atomic E-state index is 4.37. The number of aromatic nitrogens is 3. The second-order valence-corrected chi connectivity index (χ2v) is 5.51. The predicted octanol–water partition coefficient (Wildman–Crippen LogP) is 2.30. The molecule has 1 atom stereocenters. The van der Waals surface area contributed by atoms with Crippen LogP contribution < -0.4 is 0 Å². The Labute approximate surface area is 109 Å². The van der Waals surface area contributed by atoms with Gasteiger partial charge in [0.25, 0.3) is 0 Å². The lowest BCUT2D eigenvalue weighted by Gasteiger charge is -2.28. The molecule has 3 rings (SSSR count). The highest BCUT2D eigenvalue weighted by Gasteiger charge is 2.23. The fraction of sp³-hybridized carbons (Fsp3) is 0.500. The van der Waals surface area contributed by atoms with Gasteiger partial charge < -0.3 is 4.90 Å². The van der Waals surface area contributed by atoms with E-state index < -0.39 is 0 Å². The van der Waals surface area contributed by atoms with Gasteiger partial charge in [0.05, 0.1) is 4.60 Å². The third-order valence-corrected chi connectivity index (χ3v) is 4.01. The van der Waals surface area contributed by atoms with E-state index in [0.717, 1.165) is 22.6 Å². The first-order chi connectivity index (χ1) is 8.25. The van der Waals surface area contributed by atoms with E-state index in [4.69, 9.17) is 0 Å². The summed E-state index contributed by atoms with van der Waals surface area (Å²) in [5.41, 5.74) is 0.919. The van der Waals surface area contributed by atoms with E-state index in [9.17, 15) is 0 Å². The van der Waals surface area contributed by atoms with Crippen LogP contribution >= 0.6 is 15.9 Å². The number of hydrogen-bond donors (Lipinski definition) is 0. The molecule has 0 N–H and O–H groups in total. The minimum Gasteiger partial charge on any atom is -0.306 e. The van der Waals surface area contributed by atoms with Crippen molar-refractivity contribution in [1.29, 1.82) is 0 Å². The van der Waals surface area contributed by atoms with E-state index in [2.05, 4.69) is 42.5 Å². The number of fused-ring (bicyclic) bond motifs is 1. The van der Waals surface area contributed by atoms with Gasteiger partial charge in [-0.25, -0.2) is 0 Å². The van der Waals surface area contributed by atoms with Gasteiger partial charge in [0, 0.05) is 12.5 Å². The Morgan fingerprint density at radius 3 is 3.06 bits per heavy atom. The van der Waals surface area contributed by atoms with Crippen LogP contribution in [0, 0.1) is 0 Å². The maximum Gasteiger partial charge on any atom is 0.161 e. The predicted molar refractivity (Wildman–Crippen MR) is 70.2 cm³/mol. The van der Waals surface area contributed by atoms with Gasteiger partial charge in [0.2, 0.25) is 0 Å². The number of likely N-dealkylation sites (tertiary alicyclic amines) is 1. The fourth-order valence-electron chi connectivity index (χ4n) is 2.57. The highest BCUT2D eigenvalue weighted by Crippen LogP contribution is 2.27. The molecule has 0 saturated carbocycles. The second kappa shape index (κ2) is 4.38. The zero-order chi connectivity index (χ0) is 11.8. The van der Waals surface area contributed by atoms with Gasteiger partial charge >= 0.3 is 0 Å². The smallest absolute Gasteiger partial charge is 0.161 e. The van der Waals surface area contributed by atoms with Crippen LogP contribution in [0.25, 0.3) is 5.65 Å². The summed E-state index contributed by atoms with van der Waals surface area (Å²) in [4.78, 5) is 2.37. The molecule has 1 aliphatic heterocycles. The lowest BCUT2D eigenvalue weighted by atomic mass is 9.98. The zero-order valence-electron chi connectivity index (χ0n) is 9.80. The molecule has 1 aliphatic rings. The highest BCUT2D eigenvalue weighted by atomic mass is 79.9. The van der Waals surface area contributed by atoms with Crippen molar-refractivity contribution >= 4 is 21.6 Å². The van der Waals surface area contributed by atoms with E-state index in [1.54, 1.807) is 0 Å². The van der Waals surface area contributed by atoms with Crippen LogP contribution in [0.5, 0.6) is 0 Å². The summed E-state index contributed by atoms with van der Waals surface area (Å²) in [6.45, 7) is 2.26. The van der Waals surface area contributed by atoms with E-state index in [-0.39, 0.29) is 0 Å². The summed E-state index contributed by atoms with van der Waals surface area (Å²) < 4.78 is 3.15. The molecule has 0 amide bonds. The molecular formula is C12H15BrN4. The molecule has 1 unspecified atom stereocenters. The molecule has 2 aromatic heterocycles. The van der Waals surface area contributed by atoms with Gasteiger partial charge in [-0.3, -0.25) is 4.40 Å². The van der Waals surface area contributed by atoms with Crippen molar-refractivity contribution in [2.24, 2.45) is 0 Å². The first kappa shape index (κ1) is 11.2. The molecule has 0 radical (unpaired) electrons. The Balaban J connectivity index is 2.05. The lowest BCUT2D eigenvalue weighted by molar-refractivity contribution is 0.245. The SMILES string of the molecule is CN1CCCC(c2nnc3cccc(Br)n23)C1. The highest BCUT2D eigenvalue weighted by molar-refractivity contribution is 9.10. The lowest BCUT2D eigenvalue weighted by Crippen LogP contribution is -2.31. The van der Waals surface area contributed by atoms with Crippen molar-refractivity contribution in [2.45, 2.75) is 18.8 Å². The van der Waals surface area contributed by atoms with Gasteiger partial charge in [-0.15, -0.1) is 10.2 Å². The first-order valence-electron chi connectivity index (χ1n) is 5.94. The minimum absolute atomic E-state index is 0.488. The molecule has 1 saturated heterocycles. The third kappa shape index (κ3) is 1.98. The Morgan fingerprint density at radius 1 is 1.35 bits per heavy atom. The van der Waals surface area contributed by atoms with Crippen LogP contribution in [0.1, 0.15) is 24.6 Å². The molecule has 4 nitrogen and oxygen atoms in total. The Bertz CT molecular complexity index is 536. The summed E-state index contributed by atoms with van der Waals surface area (Å²) in [5, 5.41) is 8.61. The summed E-state index contributed by atoms with van der Waals surface area (Å²) in [6.07, 6.45) is 2.44. The van der Waals surface area contributed by atoms with Crippen LogP contribution in [-0.4, -0.2) is 39.6 Å². The third-order valence-electron chi connectivity index (χ3n) is 3.40. The Hall–Kier alpha value is -0.940. The van der Waals surface area contributed by atoms with Gasteiger partial charge in [-0.1, -0.05) is 6.07 Å². The van der Waals surface area contributed by atoms with E-state index >= 15 is 0 Å². The molecule has 1 fully saturated rings. The maximum absolute atomic E-state index is 4.37. The van der Waals surface area contributed by atoms with Crippen molar-refractivity contribution in [3.63, 3.8) is 0 Å². The van der Waals surface area contributed by atoms with Crippen LogP contribution in [0.15, 0.2) is 22.8 Å². The van der Waals surface area contributed by atoms with Gasteiger partial charge in [0.15, 0.2) is 5.65 Å². The van der Waals surface area contributed by atoms with Gasteiger partial charge in [0.1, 0.15) is 5.82 Å². The molecule has 5 heteroatoms. The molecule has 0 bridgehead atoms. The average molecular weight is 295 g/mol. The van der Waals surface area contributed by atoms with Crippen LogP contribution in [0.3, 0.4) is 0 Å². The van der Waals surface area contributed by atoms with Crippen LogP contribution in [0.2, 0.25) is 0 Å². The summed E-state index contributed by atoms with van der Waals surface area (Å²) in [5.74, 6) is 1.57. The van der Waals surface area contributed by atoms with Crippen molar-refractivity contribution in [3.8, 4) is 0 Å². The monoisotopic (exact) mass is 294 g/mol. The van der Waals surface area contributed by atoms with E-state index in [1.807, 2.05) is 18.2 Å². The molecule has 17 heavy (non-hydrogen) atoms. The van der Waals surface area contributed by atoms with E-state index in [1.165, 1.54) is 19.4 Å². The summed E-state index contributed by atoms with van der Waals surface area (Å²) in [6, 6.07) is 6.02.